The third kappa shape index (κ3) is 11.4. The highest BCUT2D eigenvalue weighted by Crippen LogP contribution is 2.64. The van der Waals surface area contributed by atoms with Gasteiger partial charge in [0.05, 0.1) is 55.6 Å². The first-order valence-corrected chi connectivity index (χ1v) is 25.2. The lowest BCUT2D eigenvalue weighted by atomic mass is 10.1. The third-order valence-electron chi connectivity index (χ3n) is 5.87. The summed E-state index contributed by atoms with van der Waals surface area (Å²) < 4.78 is 7.90. The number of H-pyrrole nitrogens is 2. The summed E-state index contributed by atoms with van der Waals surface area (Å²) in [7, 11) is 0. The molecule has 22 heteroatoms. The van der Waals surface area contributed by atoms with Gasteiger partial charge < -0.3 is 30.0 Å². The van der Waals surface area contributed by atoms with Crippen LogP contribution in [0.15, 0.2) is 103 Å². The number of carboxylic acids is 4. The summed E-state index contributed by atoms with van der Waals surface area (Å²) in [5, 5.41) is 40.1. The molecule has 0 aromatic carbocycles. The van der Waals surface area contributed by atoms with E-state index in [4.69, 9.17) is 10.2 Å². The van der Waals surface area contributed by atoms with Crippen molar-refractivity contribution in [2.24, 2.45) is 0 Å². The summed E-state index contributed by atoms with van der Waals surface area (Å²) in [5.41, 5.74) is 2.45. The summed E-state index contributed by atoms with van der Waals surface area (Å²) in [5.74, 6) is -5.33. The van der Waals surface area contributed by atoms with Gasteiger partial charge in [-0.15, -0.1) is 47.0 Å². The number of aromatic amines is 2. The number of aliphatic carboxylic acids is 4. The molecule has 4 aliphatic rings. The highest BCUT2D eigenvalue weighted by molar-refractivity contribution is 8.43. The van der Waals surface area contributed by atoms with Crippen LogP contribution in [0.1, 0.15) is 0 Å². The number of thioether (sulfide) groups is 12. The maximum atomic E-state index is 11.1. The van der Waals surface area contributed by atoms with Crippen LogP contribution in [0.5, 0.6) is 0 Å². The van der Waals surface area contributed by atoms with Gasteiger partial charge in [0.15, 0.2) is 24.8 Å². The van der Waals surface area contributed by atoms with Crippen molar-refractivity contribution >= 4 is 165 Å². The van der Waals surface area contributed by atoms with Crippen molar-refractivity contribution in [2.45, 2.75) is 0 Å². The van der Waals surface area contributed by atoms with Gasteiger partial charge in [0.1, 0.15) is 9.81 Å². The number of carboxylic acid groups (broad SMARTS) is 4. The summed E-state index contributed by atoms with van der Waals surface area (Å²) in [6.07, 6.45) is 15.6. The molecule has 274 valence electrons. The average molecular weight is 925 g/mol. The SMILES string of the molecule is CSC1=C(SC)SC(=C2SC(C(=O)[O-])=C(C(=O)O)S2)S1.CSC1=C(SC)SC(=C2SC(C(=O)[O-])=C(C(=O)O)S2)S1.c1cc(-c2cc[nH+]cc2)cc[nH+]1. The molecule has 0 saturated carbocycles. The van der Waals surface area contributed by atoms with Crippen LogP contribution in [0.25, 0.3) is 11.1 Å². The Morgan fingerprint density at radius 3 is 0.942 bits per heavy atom. The van der Waals surface area contributed by atoms with Crippen LogP contribution < -0.4 is 20.2 Å². The molecule has 2 aromatic heterocycles. The monoisotopic (exact) mass is 924 g/mol. The first kappa shape index (κ1) is 43.5. The van der Waals surface area contributed by atoms with E-state index < -0.39 is 23.9 Å². The summed E-state index contributed by atoms with van der Waals surface area (Å²) in [6.45, 7) is 0. The Labute approximate surface area is 349 Å². The van der Waals surface area contributed by atoms with Gasteiger partial charge in [-0.3, -0.25) is 0 Å². The van der Waals surface area contributed by atoms with E-state index in [-0.39, 0.29) is 19.6 Å². The standard InChI is InChI=1S/C10H8N2.2C10H8O4S6/c1-5-11-6-2-9(1)10-3-7-12-8-4-10;2*1-15-7-8(16-2)20-10(19-7)9-17-3(5(11)12)4(18-9)6(13)14/h1-8H;2*1-2H3,(H,11,12)(H,13,14). The Kier molecular flexibility index (Phi) is 17.8. The molecular weight excluding hydrogens is 901 g/mol. The number of hydrogen-bond donors (Lipinski definition) is 2. The van der Waals surface area contributed by atoms with Crippen molar-refractivity contribution < 1.29 is 49.6 Å². The summed E-state index contributed by atoms with van der Waals surface area (Å²) >= 11 is 16.7. The van der Waals surface area contributed by atoms with Crippen molar-refractivity contribution in [3.05, 3.63) is 103 Å². The second kappa shape index (κ2) is 21.2. The van der Waals surface area contributed by atoms with Crippen LogP contribution in [0.2, 0.25) is 0 Å². The van der Waals surface area contributed by atoms with E-state index in [1.165, 1.54) is 11.1 Å². The van der Waals surface area contributed by atoms with Crippen LogP contribution in [-0.2, 0) is 19.2 Å². The molecule has 0 atom stereocenters. The van der Waals surface area contributed by atoms with Gasteiger partial charge in [0.25, 0.3) is 0 Å². The third-order valence-corrected chi connectivity index (χ3v) is 22.5. The topological polar surface area (TPSA) is 183 Å². The van der Waals surface area contributed by atoms with Gasteiger partial charge in [0.2, 0.25) is 0 Å². The van der Waals surface area contributed by atoms with Crippen LogP contribution in [0, 0.1) is 0 Å². The molecule has 0 aliphatic carbocycles. The minimum atomic E-state index is -1.44. The molecule has 52 heavy (non-hydrogen) atoms. The van der Waals surface area contributed by atoms with Crippen LogP contribution in [0.3, 0.4) is 0 Å². The molecule has 0 unspecified atom stereocenters. The minimum absolute atomic E-state index is 0.165. The minimum Gasteiger partial charge on any atom is -0.544 e. The van der Waals surface area contributed by atoms with Crippen molar-refractivity contribution in [2.75, 3.05) is 25.0 Å². The Morgan fingerprint density at radius 2 is 0.731 bits per heavy atom. The first-order chi connectivity index (χ1) is 24.9. The summed E-state index contributed by atoms with van der Waals surface area (Å²) in [6, 6.07) is 8.20. The van der Waals surface area contributed by atoms with Crippen LogP contribution in [0.4, 0.5) is 0 Å². The zero-order valence-corrected chi connectivity index (χ0v) is 36.7. The van der Waals surface area contributed by atoms with E-state index in [9.17, 15) is 29.4 Å². The van der Waals surface area contributed by atoms with E-state index in [2.05, 4.69) is 34.2 Å². The van der Waals surface area contributed by atoms with E-state index >= 15 is 0 Å². The smallest absolute Gasteiger partial charge is 0.343 e. The molecule has 4 N–H and O–H groups in total. The highest BCUT2D eigenvalue weighted by Gasteiger charge is 2.34. The zero-order chi connectivity index (χ0) is 37.9. The van der Waals surface area contributed by atoms with E-state index in [0.29, 0.717) is 8.47 Å². The lowest BCUT2D eigenvalue weighted by molar-refractivity contribution is -0.378. The number of carbonyl (C=O) groups excluding carboxylic acids is 2. The van der Waals surface area contributed by atoms with Crippen molar-refractivity contribution in [1.82, 2.24) is 0 Å². The molecule has 0 bridgehead atoms. The van der Waals surface area contributed by atoms with Crippen molar-refractivity contribution in [3.63, 3.8) is 0 Å². The average Bonchev–Trinajstić information content (AvgIpc) is 3.96. The van der Waals surface area contributed by atoms with Gasteiger partial charge in [-0.2, -0.15) is 0 Å². The summed E-state index contributed by atoms with van der Waals surface area (Å²) in [4.78, 5) is 49.4. The molecule has 2 aromatic rings. The molecule has 10 nitrogen and oxygen atoms in total. The Bertz CT molecular complexity index is 1720. The highest BCUT2D eigenvalue weighted by atomic mass is 32.3. The van der Waals surface area contributed by atoms with Gasteiger partial charge >= 0.3 is 11.9 Å². The fraction of sp³-hybridized carbons (Fsp3) is 0.133. The Hall–Kier alpha value is -1.18. The maximum absolute atomic E-state index is 11.1. The molecule has 0 amide bonds. The molecule has 0 spiro atoms. The van der Waals surface area contributed by atoms with Gasteiger partial charge in [-0.25, -0.2) is 19.6 Å². The lowest BCUT2D eigenvalue weighted by Gasteiger charge is -2.03. The number of pyridine rings is 2. The quantitative estimate of drug-likeness (QED) is 0.264. The van der Waals surface area contributed by atoms with Crippen LogP contribution >= 0.6 is 141 Å². The largest absolute Gasteiger partial charge is 0.544 e. The Morgan fingerprint density at radius 1 is 0.481 bits per heavy atom. The predicted octanol–water partition coefficient (Wildman–Crippen LogP) is 6.93. The molecular formula is C30H24N2O8S12. The molecule has 6 rings (SSSR count). The molecule has 0 saturated heterocycles. The first-order valence-electron chi connectivity index (χ1n) is 13.8. The lowest BCUT2D eigenvalue weighted by Crippen LogP contribution is -2.24. The Balaban J connectivity index is 0.000000180. The van der Waals surface area contributed by atoms with E-state index in [1.807, 2.05) is 49.8 Å². The number of nitrogens with one attached hydrogen (secondary N) is 2. The van der Waals surface area contributed by atoms with E-state index in [0.717, 1.165) is 72.5 Å². The van der Waals surface area contributed by atoms with E-state index in [1.54, 1.807) is 94.1 Å². The molecule has 0 radical (unpaired) electrons. The molecule has 0 fully saturated rings. The zero-order valence-electron chi connectivity index (χ0n) is 26.9. The second-order valence-corrected chi connectivity index (χ2v) is 22.5. The van der Waals surface area contributed by atoms with Gasteiger partial charge in [-0.05, 0) is 36.1 Å². The molecule has 4 aliphatic heterocycles. The number of carbonyl (C=O) groups is 4. The normalized spacial score (nSPS) is 17.1. The van der Waals surface area contributed by atoms with Crippen molar-refractivity contribution in [3.8, 4) is 11.1 Å². The van der Waals surface area contributed by atoms with Crippen LogP contribution in [-0.4, -0.2) is 59.1 Å². The maximum Gasteiger partial charge on any atom is 0.343 e. The fourth-order valence-electron chi connectivity index (χ4n) is 3.69. The second-order valence-electron chi connectivity index (χ2n) is 9.01. The number of aromatic nitrogens is 2. The predicted molar refractivity (Wildman–Crippen MR) is 227 cm³/mol. The number of rotatable bonds is 9. The van der Waals surface area contributed by atoms with Gasteiger partial charge in [-0.1, -0.05) is 94.1 Å². The number of hydrogen-bond acceptors (Lipinski definition) is 18. The molecule has 6 heterocycles. The fourth-order valence-corrected chi connectivity index (χ4v) is 19.0. The van der Waals surface area contributed by atoms with Gasteiger partial charge in [0, 0.05) is 24.3 Å². The van der Waals surface area contributed by atoms with Crippen molar-refractivity contribution in [1.29, 1.82) is 0 Å².